The molecular weight excluding hydrogens is 711 g/mol. The molecule has 6 aromatic rings. The Hall–Kier alpha value is -5.20. The van der Waals surface area contributed by atoms with Gasteiger partial charge in [0.15, 0.2) is 46.5 Å². The Balaban J connectivity index is 1.81. The van der Waals surface area contributed by atoms with E-state index in [0.29, 0.717) is 9.75 Å². The maximum Gasteiger partial charge on any atom is 0.200 e. The van der Waals surface area contributed by atoms with Gasteiger partial charge < -0.3 is 0 Å². The molecule has 2 heterocycles. The lowest BCUT2D eigenvalue weighted by Gasteiger charge is -2.36. The number of hydrogen-bond donors (Lipinski definition) is 0. The van der Waals surface area contributed by atoms with Gasteiger partial charge in [-0.3, -0.25) is 0 Å². The van der Waals surface area contributed by atoms with Gasteiger partial charge in [-0.25, -0.2) is 43.9 Å². The van der Waals surface area contributed by atoms with Gasteiger partial charge in [0, 0.05) is 43.2 Å². The molecule has 2 aromatic heterocycles. The van der Waals surface area contributed by atoms with Crippen molar-refractivity contribution >= 4 is 45.0 Å². The summed E-state index contributed by atoms with van der Waals surface area (Å²) in [4.78, 5) is 0.823. The molecule has 4 aromatic carbocycles. The first-order valence-electron chi connectivity index (χ1n) is 14.5. The summed E-state index contributed by atoms with van der Waals surface area (Å²) in [5.74, 6) is -22.6. The Morgan fingerprint density at radius 2 is 0.640 bits per heavy atom. The van der Waals surface area contributed by atoms with Crippen molar-refractivity contribution in [3.63, 3.8) is 0 Å². The van der Waals surface area contributed by atoms with E-state index in [-0.39, 0.29) is 33.4 Å². The smallest absolute Gasteiger partial charge is 0.200 e. The molecule has 0 saturated carbocycles. The van der Waals surface area contributed by atoms with E-state index < -0.39 is 80.4 Å². The van der Waals surface area contributed by atoms with Crippen molar-refractivity contribution in [2.75, 3.05) is 0 Å². The van der Waals surface area contributed by atoms with Gasteiger partial charge >= 0.3 is 0 Å². The van der Waals surface area contributed by atoms with Gasteiger partial charge in [0.1, 0.15) is 0 Å². The monoisotopic (exact) mass is 726 g/mol. The molecule has 0 N–H and O–H groups in total. The lowest BCUT2D eigenvalue weighted by atomic mass is 9.67. The molecule has 1 aliphatic rings. The Labute approximate surface area is 285 Å². The summed E-state index contributed by atoms with van der Waals surface area (Å²) in [6, 6.07) is 20.5. The lowest BCUT2D eigenvalue weighted by molar-refractivity contribution is 0.376. The number of benzene rings is 4. The van der Waals surface area contributed by atoms with Crippen LogP contribution in [0.15, 0.2) is 107 Å². The molecule has 1 aliphatic carbocycles. The maximum atomic E-state index is 15.9. The molecular formula is C38H16F10S2. The number of halogens is 10. The quantitative estimate of drug-likeness (QED) is 0.0911. The normalized spacial score (nSPS) is 15.0. The van der Waals surface area contributed by atoms with Crippen LogP contribution in [-0.4, -0.2) is 0 Å². The van der Waals surface area contributed by atoms with Gasteiger partial charge in [0.25, 0.3) is 0 Å². The standard InChI is InChI=1S/C38H16F10S2/c39-29-27(30(40)34(44)37(47)33(29)43)21(17-9-3-1-4-10-17)25-23(19-13-7-15-49-19)24(20-14-8-16-50-20)26(25)22(18-11-5-2-6-12-18)28-31(41)35(45)38(48)36(46)32(28)42/h1-16H/b25-21-,26-22-. The zero-order valence-electron chi connectivity index (χ0n) is 24.8. The summed E-state index contributed by atoms with van der Waals surface area (Å²) in [5, 5.41) is 3.30. The number of hydrogen-bond acceptors (Lipinski definition) is 2. The number of rotatable bonds is 6. The van der Waals surface area contributed by atoms with Crippen LogP contribution >= 0.6 is 22.7 Å². The van der Waals surface area contributed by atoms with E-state index in [4.69, 9.17) is 0 Å². The van der Waals surface area contributed by atoms with E-state index in [0.717, 1.165) is 22.7 Å². The first kappa shape index (κ1) is 33.3. The molecule has 0 unspecified atom stereocenters. The first-order valence-corrected chi connectivity index (χ1v) is 16.3. The summed E-state index contributed by atoms with van der Waals surface area (Å²) in [6.07, 6.45) is 0. The second kappa shape index (κ2) is 12.9. The third-order valence-corrected chi connectivity index (χ3v) is 9.85. The van der Waals surface area contributed by atoms with E-state index >= 15 is 17.6 Å². The molecule has 0 aliphatic heterocycles. The van der Waals surface area contributed by atoms with Crippen LogP contribution in [0.2, 0.25) is 0 Å². The average Bonchev–Trinajstić information content (AvgIpc) is 3.86. The van der Waals surface area contributed by atoms with Crippen LogP contribution in [0.5, 0.6) is 0 Å². The predicted octanol–water partition coefficient (Wildman–Crippen LogP) is 12.1. The molecule has 0 bridgehead atoms. The zero-order valence-corrected chi connectivity index (χ0v) is 26.5. The van der Waals surface area contributed by atoms with Crippen LogP contribution < -0.4 is 0 Å². The molecule has 0 radical (unpaired) electrons. The molecule has 12 heteroatoms. The average molecular weight is 727 g/mol. The third kappa shape index (κ3) is 5.12. The maximum absolute atomic E-state index is 15.9. The molecule has 0 fully saturated rings. The fourth-order valence-corrected chi connectivity index (χ4v) is 7.52. The van der Waals surface area contributed by atoms with Gasteiger partial charge in [0.05, 0.1) is 11.1 Å². The molecule has 0 atom stereocenters. The van der Waals surface area contributed by atoms with Crippen LogP contribution in [0.25, 0.3) is 22.3 Å². The van der Waals surface area contributed by atoms with Crippen LogP contribution in [-0.2, 0) is 0 Å². The number of allylic oxidation sites excluding steroid dienone is 4. The number of thiophene rings is 2. The lowest BCUT2D eigenvalue weighted by Crippen LogP contribution is -2.19. The van der Waals surface area contributed by atoms with Crippen molar-refractivity contribution in [1.29, 1.82) is 0 Å². The highest BCUT2D eigenvalue weighted by Crippen LogP contribution is 2.60. The van der Waals surface area contributed by atoms with E-state index in [1.165, 1.54) is 60.7 Å². The van der Waals surface area contributed by atoms with Crippen LogP contribution in [0.1, 0.15) is 32.0 Å². The van der Waals surface area contributed by atoms with Crippen molar-refractivity contribution in [2.24, 2.45) is 0 Å². The highest BCUT2D eigenvalue weighted by molar-refractivity contribution is 7.12. The molecule has 250 valence electrons. The zero-order chi connectivity index (χ0) is 35.4. The summed E-state index contributed by atoms with van der Waals surface area (Å²) >= 11 is 2.26. The Kier molecular flexibility index (Phi) is 8.61. The molecule has 7 rings (SSSR count). The molecule has 0 amide bonds. The minimum Gasteiger partial charge on any atom is -0.203 e. The van der Waals surface area contributed by atoms with E-state index in [1.54, 1.807) is 35.0 Å². The predicted molar refractivity (Wildman–Crippen MR) is 173 cm³/mol. The fraction of sp³-hybridized carbons (Fsp3) is 0. The van der Waals surface area contributed by atoms with Crippen molar-refractivity contribution in [2.45, 2.75) is 0 Å². The van der Waals surface area contributed by atoms with E-state index in [1.807, 2.05) is 0 Å². The fourth-order valence-electron chi connectivity index (χ4n) is 5.96. The highest BCUT2D eigenvalue weighted by Gasteiger charge is 2.42. The van der Waals surface area contributed by atoms with E-state index in [9.17, 15) is 26.3 Å². The Morgan fingerprint density at radius 1 is 0.340 bits per heavy atom. The second-order valence-corrected chi connectivity index (χ2v) is 12.7. The summed E-state index contributed by atoms with van der Waals surface area (Å²) in [5.41, 5.74) is -4.17. The Bertz CT molecular complexity index is 2160. The van der Waals surface area contributed by atoms with Gasteiger partial charge in [-0.15, -0.1) is 22.7 Å². The van der Waals surface area contributed by atoms with Crippen LogP contribution in [0.4, 0.5) is 43.9 Å². The largest absolute Gasteiger partial charge is 0.203 e. The first-order chi connectivity index (χ1) is 24.0. The minimum absolute atomic E-state index is 0.0766. The molecule has 0 nitrogen and oxygen atoms in total. The van der Waals surface area contributed by atoms with Gasteiger partial charge in [-0.1, -0.05) is 72.8 Å². The third-order valence-electron chi connectivity index (χ3n) is 8.08. The summed E-state index contributed by atoms with van der Waals surface area (Å²) < 4.78 is 152. The highest BCUT2D eigenvalue weighted by atomic mass is 32.1. The molecule has 50 heavy (non-hydrogen) atoms. The van der Waals surface area contributed by atoms with Crippen LogP contribution in [0.3, 0.4) is 0 Å². The SMILES string of the molecule is Fc1c(F)c(F)c(/C(=C2C(c3cccs3)=C(c3cccs3)C/2=C(\c2ccccc2)c2c(F)c(F)c(F)c(F)c2F)c2ccccc2)c(F)c1F. The second-order valence-electron chi connectivity index (χ2n) is 10.8. The van der Waals surface area contributed by atoms with Crippen molar-refractivity contribution in [3.05, 3.63) is 197 Å². The summed E-state index contributed by atoms with van der Waals surface area (Å²) in [6.45, 7) is 0. The van der Waals surface area contributed by atoms with Crippen molar-refractivity contribution in [1.82, 2.24) is 0 Å². The van der Waals surface area contributed by atoms with Gasteiger partial charge in [-0.05, 0) is 34.0 Å². The van der Waals surface area contributed by atoms with Crippen LogP contribution in [0, 0.1) is 58.2 Å². The van der Waals surface area contributed by atoms with Crippen molar-refractivity contribution < 1.29 is 43.9 Å². The summed E-state index contributed by atoms with van der Waals surface area (Å²) in [7, 11) is 0. The van der Waals surface area contributed by atoms with Gasteiger partial charge in [0.2, 0.25) is 11.6 Å². The van der Waals surface area contributed by atoms with E-state index in [2.05, 4.69) is 0 Å². The minimum atomic E-state index is -2.41. The Morgan fingerprint density at radius 3 is 0.920 bits per heavy atom. The van der Waals surface area contributed by atoms with Gasteiger partial charge in [-0.2, -0.15) is 0 Å². The molecule has 0 spiro atoms. The molecule has 0 saturated heterocycles. The van der Waals surface area contributed by atoms with Crippen molar-refractivity contribution in [3.8, 4) is 0 Å². The topological polar surface area (TPSA) is 0 Å².